The first kappa shape index (κ1) is 15.0. The molecule has 1 aliphatic rings. The molecule has 0 N–H and O–H groups in total. The first-order valence-electron chi connectivity index (χ1n) is 7.07. The Morgan fingerprint density at radius 2 is 2.10 bits per heavy atom. The van der Waals surface area contributed by atoms with Crippen LogP contribution in [-0.4, -0.2) is 61.7 Å². The van der Waals surface area contributed by atoms with E-state index in [0.29, 0.717) is 0 Å². The summed E-state index contributed by atoms with van der Waals surface area (Å²) in [6, 6.07) is 4.58. The summed E-state index contributed by atoms with van der Waals surface area (Å²) >= 11 is 1.82. The quantitative estimate of drug-likeness (QED) is 0.856. The van der Waals surface area contributed by atoms with E-state index in [1.807, 2.05) is 11.3 Å². The molecule has 1 unspecified atom stereocenters. The molecule has 1 aromatic rings. The van der Waals surface area contributed by atoms with Crippen molar-refractivity contribution in [3.63, 3.8) is 0 Å². The minimum Gasteiger partial charge on any atom is -0.366 e. The molecular formula is C15H24N4S. The SMILES string of the molecule is CC1CN=C(N(C)C)CC(N(C)CCc2cccs2)=N1. The fourth-order valence-corrected chi connectivity index (χ4v) is 2.87. The van der Waals surface area contributed by atoms with E-state index < -0.39 is 0 Å². The lowest BCUT2D eigenvalue weighted by atomic mass is 10.2. The van der Waals surface area contributed by atoms with Crippen molar-refractivity contribution >= 4 is 23.0 Å². The van der Waals surface area contributed by atoms with E-state index in [0.717, 1.165) is 37.6 Å². The number of thiophene rings is 1. The normalized spacial score (nSPS) is 19.1. The van der Waals surface area contributed by atoms with Crippen LogP contribution in [0.5, 0.6) is 0 Å². The maximum atomic E-state index is 4.81. The molecule has 1 aliphatic heterocycles. The van der Waals surface area contributed by atoms with Crippen LogP contribution in [0.2, 0.25) is 0 Å². The Labute approximate surface area is 125 Å². The average molecular weight is 292 g/mol. The topological polar surface area (TPSA) is 31.2 Å². The fraction of sp³-hybridized carbons (Fsp3) is 0.600. The number of nitrogens with zero attached hydrogens (tertiary/aromatic N) is 4. The molecule has 0 saturated carbocycles. The first-order valence-corrected chi connectivity index (χ1v) is 7.95. The van der Waals surface area contributed by atoms with Gasteiger partial charge in [0.25, 0.3) is 0 Å². The molecule has 2 heterocycles. The zero-order chi connectivity index (χ0) is 14.5. The Bertz CT molecular complexity index is 476. The smallest absolute Gasteiger partial charge is 0.107 e. The van der Waals surface area contributed by atoms with Crippen LogP contribution < -0.4 is 0 Å². The Morgan fingerprint density at radius 3 is 2.75 bits per heavy atom. The molecule has 4 nitrogen and oxygen atoms in total. The molecule has 1 atom stereocenters. The van der Waals surface area contributed by atoms with Crippen molar-refractivity contribution in [2.75, 3.05) is 34.2 Å². The van der Waals surface area contributed by atoms with Gasteiger partial charge >= 0.3 is 0 Å². The molecule has 20 heavy (non-hydrogen) atoms. The van der Waals surface area contributed by atoms with Crippen molar-refractivity contribution in [3.8, 4) is 0 Å². The minimum atomic E-state index is 0.270. The zero-order valence-electron chi connectivity index (χ0n) is 12.8. The van der Waals surface area contributed by atoms with E-state index in [-0.39, 0.29) is 6.04 Å². The summed E-state index contributed by atoms with van der Waals surface area (Å²) in [5, 5.41) is 2.14. The van der Waals surface area contributed by atoms with E-state index in [1.165, 1.54) is 4.88 Å². The lowest BCUT2D eigenvalue weighted by molar-refractivity contribution is 0.496. The number of rotatable bonds is 3. The van der Waals surface area contributed by atoms with Gasteiger partial charge in [-0.2, -0.15) is 0 Å². The number of hydrogen-bond acceptors (Lipinski definition) is 5. The Kier molecular flexibility index (Phi) is 5.17. The predicted octanol–water partition coefficient (Wildman–Crippen LogP) is 2.37. The Hall–Kier alpha value is -1.36. The second-order valence-electron chi connectivity index (χ2n) is 5.47. The van der Waals surface area contributed by atoms with Crippen LogP contribution in [0.15, 0.2) is 27.5 Å². The van der Waals surface area contributed by atoms with Crippen molar-refractivity contribution in [2.24, 2.45) is 9.98 Å². The largest absolute Gasteiger partial charge is 0.366 e. The third-order valence-corrected chi connectivity index (χ3v) is 4.39. The Morgan fingerprint density at radius 1 is 1.30 bits per heavy atom. The highest BCUT2D eigenvalue weighted by atomic mass is 32.1. The van der Waals surface area contributed by atoms with E-state index in [9.17, 15) is 0 Å². The molecule has 0 aromatic carbocycles. The standard InChI is InChI=1S/C15H24N4S/c1-12-11-16-14(18(2)3)10-15(17-12)19(4)8-7-13-6-5-9-20-13/h5-6,9,12H,7-8,10-11H2,1-4H3. The van der Waals surface area contributed by atoms with Gasteiger partial charge in [-0.3, -0.25) is 9.98 Å². The van der Waals surface area contributed by atoms with E-state index in [4.69, 9.17) is 4.99 Å². The fourth-order valence-electron chi connectivity index (χ4n) is 2.17. The van der Waals surface area contributed by atoms with Crippen molar-refractivity contribution in [1.29, 1.82) is 0 Å². The van der Waals surface area contributed by atoms with Crippen molar-refractivity contribution in [3.05, 3.63) is 22.4 Å². The lowest BCUT2D eigenvalue weighted by Gasteiger charge is -2.23. The predicted molar refractivity (Wildman–Crippen MR) is 88.2 cm³/mol. The number of amidine groups is 2. The van der Waals surface area contributed by atoms with E-state index >= 15 is 0 Å². The summed E-state index contributed by atoms with van der Waals surface area (Å²) in [7, 11) is 6.24. The van der Waals surface area contributed by atoms with Crippen LogP contribution >= 0.6 is 11.3 Å². The molecular weight excluding hydrogens is 268 g/mol. The first-order chi connectivity index (χ1) is 9.56. The van der Waals surface area contributed by atoms with E-state index in [2.05, 4.69) is 60.4 Å². The van der Waals surface area contributed by atoms with Gasteiger partial charge in [0.2, 0.25) is 0 Å². The molecule has 0 spiro atoms. The summed E-state index contributed by atoms with van der Waals surface area (Å²) < 4.78 is 0. The summed E-state index contributed by atoms with van der Waals surface area (Å²) in [4.78, 5) is 15.3. The van der Waals surface area contributed by atoms with Crippen molar-refractivity contribution < 1.29 is 0 Å². The van der Waals surface area contributed by atoms with Crippen LogP contribution in [0.4, 0.5) is 0 Å². The molecule has 0 saturated heterocycles. The van der Waals surface area contributed by atoms with Gasteiger partial charge in [-0.25, -0.2) is 0 Å². The summed E-state index contributed by atoms with van der Waals surface area (Å²) in [6.07, 6.45) is 1.91. The third kappa shape index (κ3) is 4.07. The summed E-state index contributed by atoms with van der Waals surface area (Å²) in [5.74, 6) is 2.27. The highest BCUT2D eigenvalue weighted by molar-refractivity contribution is 7.09. The van der Waals surface area contributed by atoms with Crippen LogP contribution in [0.1, 0.15) is 18.2 Å². The maximum Gasteiger partial charge on any atom is 0.107 e. The Balaban J connectivity index is 1.99. The summed E-state index contributed by atoms with van der Waals surface area (Å²) in [5.41, 5.74) is 0. The minimum absolute atomic E-state index is 0.270. The van der Waals surface area contributed by atoms with Gasteiger partial charge < -0.3 is 9.80 Å². The number of likely N-dealkylation sites (N-methyl/N-ethyl adjacent to an activating group) is 1. The average Bonchev–Trinajstić information content (AvgIpc) is 2.84. The monoisotopic (exact) mass is 292 g/mol. The van der Waals surface area contributed by atoms with E-state index in [1.54, 1.807) is 0 Å². The van der Waals surface area contributed by atoms with Crippen molar-refractivity contribution in [2.45, 2.75) is 25.8 Å². The molecule has 2 rings (SSSR count). The summed E-state index contributed by atoms with van der Waals surface area (Å²) in [6.45, 7) is 3.93. The van der Waals surface area contributed by atoms with Gasteiger partial charge in [0.1, 0.15) is 11.7 Å². The van der Waals surface area contributed by atoms with Gasteiger partial charge in [-0.15, -0.1) is 11.3 Å². The molecule has 0 radical (unpaired) electrons. The van der Waals surface area contributed by atoms with Gasteiger partial charge in [0.05, 0.1) is 19.0 Å². The zero-order valence-corrected chi connectivity index (χ0v) is 13.7. The highest BCUT2D eigenvalue weighted by Crippen LogP contribution is 2.12. The van der Waals surface area contributed by atoms with Crippen LogP contribution in [-0.2, 0) is 6.42 Å². The second kappa shape index (κ2) is 6.88. The van der Waals surface area contributed by atoms with Crippen LogP contribution in [0, 0.1) is 0 Å². The molecule has 1 aromatic heterocycles. The van der Waals surface area contributed by atoms with Gasteiger partial charge in [0.15, 0.2) is 0 Å². The van der Waals surface area contributed by atoms with Crippen molar-refractivity contribution in [1.82, 2.24) is 9.80 Å². The molecule has 0 bridgehead atoms. The molecule has 0 aliphatic carbocycles. The molecule has 110 valence electrons. The second-order valence-corrected chi connectivity index (χ2v) is 6.51. The highest BCUT2D eigenvalue weighted by Gasteiger charge is 2.17. The number of hydrogen-bond donors (Lipinski definition) is 0. The van der Waals surface area contributed by atoms with Gasteiger partial charge in [-0.05, 0) is 24.8 Å². The molecule has 5 heteroatoms. The number of aliphatic imine (C=N–C) groups is 2. The molecule has 0 fully saturated rings. The maximum absolute atomic E-state index is 4.81. The molecule has 0 amide bonds. The lowest BCUT2D eigenvalue weighted by Crippen LogP contribution is -2.34. The van der Waals surface area contributed by atoms with Crippen LogP contribution in [0.3, 0.4) is 0 Å². The van der Waals surface area contributed by atoms with Crippen LogP contribution in [0.25, 0.3) is 0 Å². The van der Waals surface area contributed by atoms with Gasteiger partial charge in [0, 0.05) is 32.6 Å². The third-order valence-electron chi connectivity index (χ3n) is 3.45. The van der Waals surface area contributed by atoms with Gasteiger partial charge in [-0.1, -0.05) is 6.07 Å².